The average molecular weight is 228 g/mol. The molecular formula is C11H20N2OS. The molecule has 0 fully saturated rings. The smallest absolute Gasteiger partial charge is 0.0926 e. The van der Waals surface area contributed by atoms with Crippen LogP contribution in [0.2, 0.25) is 0 Å². The number of nitrogens with one attached hydrogen (secondary N) is 1. The van der Waals surface area contributed by atoms with Crippen molar-refractivity contribution >= 4 is 11.3 Å². The number of hydrogen-bond donors (Lipinski definition) is 2. The molecule has 3 nitrogen and oxygen atoms in total. The van der Waals surface area contributed by atoms with Gasteiger partial charge in [0, 0.05) is 17.5 Å². The SMILES string of the molecule is CCc1nc(CNC(C)(CC)CO)cs1. The van der Waals surface area contributed by atoms with Crippen LogP contribution in [0.4, 0.5) is 0 Å². The van der Waals surface area contributed by atoms with Crippen LogP contribution in [0.3, 0.4) is 0 Å². The monoisotopic (exact) mass is 228 g/mol. The van der Waals surface area contributed by atoms with Crippen LogP contribution in [0.15, 0.2) is 5.38 Å². The first-order valence-electron chi connectivity index (χ1n) is 5.42. The van der Waals surface area contributed by atoms with Crippen molar-refractivity contribution in [2.45, 2.75) is 45.7 Å². The molecule has 0 bridgehead atoms. The molecule has 0 radical (unpaired) electrons. The summed E-state index contributed by atoms with van der Waals surface area (Å²) in [7, 11) is 0. The lowest BCUT2D eigenvalue weighted by atomic mass is 10.0. The maximum atomic E-state index is 9.23. The first kappa shape index (κ1) is 12.6. The van der Waals surface area contributed by atoms with Gasteiger partial charge in [-0.25, -0.2) is 4.98 Å². The normalized spacial score (nSPS) is 15.2. The van der Waals surface area contributed by atoms with Crippen molar-refractivity contribution in [1.29, 1.82) is 0 Å². The largest absolute Gasteiger partial charge is 0.394 e. The van der Waals surface area contributed by atoms with Crippen LogP contribution in [0.25, 0.3) is 0 Å². The molecule has 0 saturated heterocycles. The van der Waals surface area contributed by atoms with Crippen LogP contribution in [0, 0.1) is 0 Å². The predicted molar refractivity (Wildman–Crippen MR) is 64.1 cm³/mol. The van der Waals surface area contributed by atoms with Crippen molar-refractivity contribution in [2.75, 3.05) is 6.61 Å². The van der Waals surface area contributed by atoms with E-state index >= 15 is 0 Å². The zero-order valence-corrected chi connectivity index (χ0v) is 10.5. The van der Waals surface area contributed by atoms with Gasteiger partial charge in [0.1, 0.15) is 0 Å². The fraction of sp³-hybridized carbons (Fsp3) is 0.727. The van der Waals surface area contributed by atoms with E-state index in [-0.39, 0.29) is 12.1 Å². The zero-order chi connectivity index (χ0) is 11.3. The van der Waals surface area contributed by atoms with Gasteiger partial charge in [0.15, 0.2) is 0 Å². The first-order valence-corrected chi connectivity index (χ1v) is 6.30. The highest BCUT2D eigenvalue weighted by Crippen LogP contribution is 2.13. The molecule has 0 saturated carbocycles. The Morgan fingerprint density at radius 3 is 2.73 bits per heavy atom. The van der Waals surface area contributed by atoms with Gasteiger partial charge in [-0.3, -0.25) is 0 Å². The van der Waals surface area contributed by atoms with Crippen molar-refractivity contribution in [3.63, 3.8) is 0 Å². The van der Waals surface area contributed by atoms with E-state index in [1.807, 2.05) is 6.92 Å². The Balaban J connectivity index is 2.49. The molecule has 0 aliphatic carbocycles. The third-order valence-corrected chi connectivity index (χ3v) is 3.77. The van der Waals surface area contributed by atoms with Crippen molar-refractivity contribution in [2.24, 2.45) is 0 Å². The minimum absolute atomic E-state index is 0.161. The quantitative estimate of drug-likeness (QED) is 0.782. The van der Waals surface area contributed by atoms with Crippen LogP contribution in [-0.2, 0) is 13.0 Å². The maximum Gasteiger partial charge on any atom is 0.0926 e. The van der Waals surface area contributed by atoms with E-state index in [4.69, 9.17) is 0 Å². The summed E-state index contributed by atoms with van der Waals surface area (Å²) in [4.78, 5) is 4.47. The number of aromatic nitrogens is 1. The molecule has 1 aromatic heterocycles. The number of rotatable bonds is 6. The fourth-order valence-electron chi connectivity index (χ4n) is 1.19. The zero-order valence-electron chi connectivity index (χ0n) is 9.71. The second-order valence-corrected chi connectivity index (χ2v) is 4.95. The molecule has 1 rings (SSSR count). The summed E-state index contributed by atoms with van der Waals surface area (Å²) in [6, 6.07) is 0. The highest BCUT2D eigenvalue weighted by atomic mass is 32.1. The molecule has 0 aliphatic heterocycles. The van der Waals surface area contributed by atoms with Gasteiger partial charge in [0.05, 0.1) is 17.3 Å². The van der Waals surface area contributed by atoms with Gasteiger partial charge in [-0.05, 0) is 19.8 Å². The van der Waals surface area contributed by atoms with Gasteiger partial charge in [0.2, 0.25) is 0 Å². The highest BCUT2D eigenvalue weighted by Gasteiger charge is 2.19. The number of aliphatic hydroxyl groups is 1. The van der Waals surface area contributed by atoms with E-state index < -0.39 is 0 Å². The maximum absolute atomic E-state index is 9.23. The summed E-state index contributed by atoms with van der Waals surface area (Å²) in [6.45, 7) is 7.11. The molecule has 1 aromatic rings. The molecule has 0 amide bonds. The summed E-state index contributed by atoms with van der Waals surface area (Å²) in [5, 5.41) is 15.8. The summed E-state index contributed by atoms with van der Waals surface area (Å²) in [5.74, 6) is 0. The van der Waals surface area contributed by atoms with E-state index in [2.05, 4.69) is 29.5 Å². The van der Waals surface area contributed by atoms with Gasteiger partial charge >= 0.3 is 0 Å². The Morgan fingerprint density at radius 2 is 2.27 bits per heavy atom. The Bertz CT molecular complexity index is 295. The highest BCUT2D eigenvalue weighted by molar-refractivity contribution is 7.09. The average Bonchev–Trinajstić information content (AvgIpc) is 2.74. The van der Waals surface area contributed by atoms with Crippen molar-refractivity contribution in [1.82, 2.24) is 10.3 Å². The molecule has 86 valence electrons. The summed E-state index contributed by atoms with van der Waals surface area (Å²) >= 11 is 1.70. The van der Waals surface area contributed by atoms with Crippen molar-refractivity contribution in [3.05, 3.63) is 16.1 Å². The van der Waals surface area contributed by atoms with Gasteiger partial charge < -0.3 is 10.4 Å². The second kappa shape index (κ2) is 5.58. The topological polar surface area (TPSA) is 45.2 Å². The van der Waals surface area contributed by atoms with E-state index in [0.717, 1.165) is 25.1 Å². The van der Waals surface area contributed by atoms with Crippen LogP contribution in [0.1, 0.15) is 37.9 Å². The van der Waals surface area contributed by atoms with Gasteiger partial charge in [0.25, 0.3) is 0 Å². The third kappa shape index (κ3) is 3.55. The van der Waals surface area contributed by atoms with E-state index in [1.165, 1.54) is 5.01 Å². The Kier molecular flexibility index (Phi) is 4.70. The van der Waals surface area contributed by atoms with Gasteiger partial charge in [-0.2, -0.15) is 0 Å². The molecule has 0 aromatic carbocycles. The number of nitrogens with zero attached hydrogens (tertiary/aromatic N) is 1. The first-order chi connectivity index (χ1) is 7.13. The van der Waals surface area contributed by atoms with Gasteiger partial charge in [-0.1, -0.05) is 13.8 Å². The molecule has 15 heavy (non-hydrogen) atoms. The van der Waals surface area contributed by atoms with Crippen molar-refractivity contribution in [3.8, 4) is 0 Å². The molecule has 0 spiro atoms. The minimum Gasteiger partial charge on any atom is -0.394 e. The molecule has 1 heterocycles. The molecule has 2 N–H and O–H groups in total. The molecule has 1 atom stereocenters. The van der Waals surface area contributed by atoms with E-state index in [1.54, 1.807) is 11.3 Å². The van der Waals surface area contributed by atoms with Crippen molar-refractivity contribution < 1.29 is 5.11 Å². The number of aryl methyl sites for hydroxylation is 1. The lowest BCUT2D eigenvalue weighted by Gasteiger charge is -2.26. The van der Waals surface area contributed by atoms with E-state index in [0.29, 0.717) is 0 Å². The molecular weight excluding hydrogens is 208 g/mol. The summed E-state index contributed by atoms with van der Waals surface area (Å²) in [6.07, 6.45) is 1.91. The Hall–Kier alpha value is -0.450. The predicted octanol–water partition coefficient (Wildman–Crippen LogP) is 1.96. The van der Waals surface area contributed by atoms with Gasteiger partial charge in [-0.15, -0.1) is 11.3 Å². The lowest BCUT2D eigenvalue weighted by Crippen LogP contribution is -2.44. The van der Waals surface area contributed by atoms with Crippen LogP contribution in [0.5, 0.6) is 0 Å². The van der Waals surface area contributed by atoms with Crippen LogP contribution in [-0.4, -0.2) is 22.2 Å². The molecule has 1 unspecified atom stereocenters. The summed E-state index contributed by atoms with van der Waals surface area (Å²) in [5.41, 5.74) is 0.890. The second-order valence-electron chi connectivity index (χ2n) is 4.01. The minimum atomic E-state index is -0.185. The molecule has 4 heteroatoms. The van der Waals surface area contributed by atoms with E-state index in [9.17, 15) is 5.11 Å². The number of hydrogen-bond acceptors (Lipinski definition) is 4. The third-order valence-electron chi connectivity index (χ3n) is 2.73. The molecule has 0 aliphatic rings. The lowest BCUT2D eigenvalue weighted by molar-refractivity contribution is 0.168. The fourth-order valence-corrected chi connectivity index (χ4v) is 1.93. The summed E-state index contributed by atoms with van der Waals surface area (Å²) < 4.78 is 0. The number of thiazole rings is 1. The Morgan fingerprint density at radius 1 is 1.53 bits per heavy atom. The standard InChI is InChI=1S/C11H20N2OS/c1-4-10-13-9(7-15-10)6-12-11(3,5-2)8-14/h7,12,14H,4-6,8H2,1-3H3. The number of aliphatic hydroxyl groups excluding tert-OH is 1. The Labute approximate surface area is 95.6 Å². The van der Waals surface area contributed by atoms with Crippen LogP contribution >= 0.6 is 11.3 Å². The van der Waals surface area contributed by atoms with Crippen LogP contribution < -0.4 is 5.32 Å².